The summed E-state index contributed by atoms with van der Waals surface area (Å²) in [5.74, 6) is 0.828. The summed E-state index contributed by atoms with van der Waals surface area (Å²) in [5.41, 5.74) is 15.6. The smallest absolute Gasteiger partial charge is 0.183 e. The van der Waals surface area contributed by atoms with Gasteiger partial charge in [0.2, 0.25) is 0 Å². The molecular formula is C27H27N7. The highest BCUT2D eigenvalue weighted by Gasteiger charge is 2.44. The molecule has 2 aliphatic carbocycles. The van der Waals surface area contributed by atoms with E-state index in [0.29, 0.717) is 0 Å². The number of aromatic nitrogens is 5. The minimum absolute atomic E-state index is 0.104. The van der Waals surface area contributed by atoms with Crippen LogP contribution in [0.15, 0.2) is 54.9 Å². The summed E-state index contributed by atoms with van der Waals surface area (Å²) in [5, 5.41) is 7.74. The van der Waals surface area contributed by atoms with Gasteiger partial charge in [0.15, 0.2) is 17.0 Å². The molecule has 2 atom stereocenters. The lowest BCUT2D eigenvalue weighted by atomic mass is 9.70. The molecule has 0 bridgehead atoms. The molecule has 1 aromatic carbocycles. The van der Waals surface area contributed by atoms with E-state index in [1.54, 1.807) is 0 Å². The Balaban J connectivity index is 1.18. The molecule has 3 aromatic heterocycles. The molecule has 4 aromatic rings. The Bertz CT molecular complexity index is 1440. The van der Waals surface area contributed by atoms with E-state index in [0.717, 1.165) is 79.1 Å². The fourth-order valence-corrected chi connectivity index (χ4v) is 6.15. The quantitative estimate of drug-likeness (QED) is 0.463. The molecule has 4 heterocycles. The highest BCUT2D eigenvalue weighted by Crippen LogP contribution is 2.53. The summed E-state index contributed by atoms with van der Waals surface area (Å²) in [6, 6.07) is 12.8. The zero-order chi connectivity index (χ0) is 22.7. The van der Waals surface area contributed by atoms with Gasteiger partial charge < -0.3 is 10.6 Å². The number of rotatable bonds is 2. The number of nitrogens with two attached hydrogens (primary N) is 1. The second kappa shape index (κ2) is 7.46. The maximum absolute atomic E-state index is 6.74. The van der Waals surface area contributed by atoms with E-state index >= 15 is 0 Å². The van der Waals surface area contributed by atoms with Crippen molar-refractivity contribution < 1.29 is 0 Å². The van der Waals surface area contributed by atoms with Gasteiger partial charge >= 0.3 is 0 Å². The van der Waals surface area contributed by atoms with E-state index in [-0.39, 0.29) is 11.5 Å². The molecule has 34 heavy (non-hydrogen) atoms. The minimum Gasteiger partial charge on any atom is -0.323 e. The lowest BCUT2D eigenvalue weighted by molar-refractivity contribution is 0.224. The van der Waals surface area contributed by atoms with Gasteiger partial charge in [-0.2, -0.15) is 5.10 Å². The van der Waals surface area contributed by atoms with Crippen molar-refractivity contribution in [3.8, 4) is 0 Å². The van der Waals surface area contributed by atoms with Crippen LogP contribution in [0.5, 0.6) is 0 Å². The number of pyridine rings is 1. The summed E-state index contributed by atoms with van der Waals surface area (Å²) in [6.45, 7) is 0.901. The molecule has 1 spiro atoms. The van der Waals surface area contributed by atoms with Crippen LogP contribution in [-0.4, -0.2) is 31.7 Å². The summed E-state index contributed by atoms with van der Waals surface area (Å²) < 4.78 is 0. The molecule has 0 radical (unpaired) electrons. The van der Waals surface area contributed by atoms with E-state index < -0.39 is 0 Å². The molecule has 0 saturated heterocycles. The first-order chi connectivity index (χ1) is 16.7. The number of hydrogen-bond donors (Lipinski definition) is 2. The molecule has 170 valence electrons. The number of hydrogen-bond acceptors (Lipinski definition) is 6. The zero-order valence-corrected chi connectivity index (χ0v) is 19.0. The molecule has 0 fully saturated rings. The summed E-state index contributed by atoms with van der Waals surface area (Å²) in [7, 11) is 0. The first-order valence-electron chi connectivity index (χ1n) is 12.2. The monoisotopic (exact) mass is 449 g/mol. The molecule has 7 nitrogen and oxygen atoms in total. The van der Waals surface area contributed by atoms with Gasteiger partial charge in [-0.25, -0.2) is 9.97 Å². The van der Waals surface area contributed by atoms with Crippen LogP contribution in [0.4, 0.5) is 11.5 Å². The first-order valence-corrected chi connectivity index (χ1v) is 12.2. The number of fused-ring (bicyclic) bond motifs is 3. The van der Waals surface area contributed by atoms with Crippen LogP contribution in [0.25, 0.3) is 16.7 Å². The number of nitrogens with one attached hydrogen (secondary N) is 1. The van der Waals surface area contributed by atoms with Gasteiger partial charge in [-0.15, -0.1) is 0 Å². The average Bonchev–Trinajstić information content (AvgIpc) is 3.43. The van der Waals surface area contributed by atoms with Crippen LogP contribution in [-0.2, 0) is 12.8 Å². The third-order valence-corrected chi connectivity index (χ3v) is 8.03. The highest BCUT2D eigenvalue weighted by atomic mass is 15.3. The minimum atomic E-state index is 0.104. The van der Waals surface area contributed by atoms with Crippen molar-refractivity contribution in [3.05, 3.63) is 77.4 Å². The van der Waals surface area contributed by atoms with Crippen LogP contribution < -0.4 is 10.6 Å². The van der Waals surface area contributed by atoms with E-state index in [1.165, 1.54) is 16.7 Å². The predicted molar refractivity (Wildman–Crippen MR) is 133 cm³/mol. The Morgan fingerprint density at radius 3 is 2.91 bits per heavy atom. The second-order valence-corrected chi connectivity index (χ2v) is 9.87. The van der Waals surface area contributed by atoms with E-state index in [2.05, 4.69) is 56.5 Å². The van der Waals surface area contributed by atoms with Gasteiger partial charge in [-0.3, -0.25) is 10.1 Å². The Morgan fingerprint density at radius 2 is 2.03 bits per heavy atom. The number of aryl methyl sites for hydroxylation is 1. The Kier molecular flexibility index (Phi) is 4.36. The van der Waals surface area contributed by atoms with Crippen LogP contribution in [0.2, 0.25) is 0 Å². The summed E-state index contributed by atoms with van der Waals surface area (Å²) >= 11 is 0. The molecular weight excluding hydrogens is 422 g/mol. The zero-order valence-electron chi connectivity index (χ0n) is 19.0. The fourth-order valence-electron chi connectivity index (χ4n) is 6.15. The van der Waals surface area contributed by atoms with Crippen molar-refractivity contribution >= 4 is 28.2 Å². The normalized spacial score (nSPS) is 23.7. The SMILES string of the molecule is N[C@H]1c2ccccc2C[C@@]12CC=C(c1cnc3c(N4CCCc5ncccc54)n[nH]c3n1)CC2. The Hall–Kier alpha value is -3.58. The third-order valence-electron chi connectivity index (χ3n) is 8.03. The maximum atomic E-state index is 6.74. The second-order valence-electron chi connectivity index (χ2n) is 9.87. The van der Waals surface area contributed by atoms with Crippen molar-refractivity contribution in [3.63, 3.8) is 0 Å². The predicted octanol–water partition coefficient (Wildman–Crippen LogP) is 4.64. The first kappa shape index (κ1) is 19.9. The lowest BCUT2D eigenvalue weighted by Gasteiger charge is -2.36. The number of nitrogens with zero attached hydrogens (tertiary/aromatic N) is 5. The number of benzene rings is 1. The third kappa shape index (κ3) is 2.93. The van der Waals surface area contributed by atoms with Crippen molar-refractivity contribution in [1.82, 2.24) is 25.1 Å². The fraction of sp³-hybridized carbons (Fsp3) is 0.333. The number of H-pyrrole nitrogens is 1. The summed E-state index contributed by atoms with van der Waals surface area (Å²) in [4.78, 5) is 16.5. The lowest BCUT2D eigenvalue weighted by Crippen LogP contribution is -2.33. The molecule has 3 aliphatic rings. The number of allylic oxidation sites excluding steroid dienone is 2. The van der Waals surface area contributed by atoms with Crippen molar-refractivity contribution in [2.45, 2.75) is 44.6 Å². The number of anilines is 2. The van der Waals surface area contributed by atoms with E-state index in [9.17, 15) is 0 Å². The molecule has 0 amide bonds. The molecule has 1 aliphatic heterocycles. The van der Waals surface area contributed by atoms with Gasteiger partial charge in [0, 0.05) is 18.8 Å². The topological polar surface area (TPSA) is 96.6 Å². The molecule has 0 saturated carbocycles. The highest BCUT2D eigenvalue weighted by molar-refractivity contribution is 5.87. The van der Waals surface area contributed by atoms with Crippen molar-refractivity contribution in [1.29, 1.82) is 0 Å². The van der Waals surface area contributed by atoms with Crippen LogP contribution in [0, 0.1) is 5.41 Å². The number of aromatic amines is 1. The molecule has 7 rings (SSSR count). The molecule has 3 N–H and O–H groups in total. The molecule has 7 heteroatoms. The van der Waals surface area contributed by atoms with Gasteiger partial charge in [-0.1, -0.05) is 30.3 Å². The van der Waals surface area contributed by atoms with Crippen LogP contribution in [0.1, 0.15) is 54.2 Å². The summed E-state index contributed by atoms with van der Waals surface area (Å²) in [6.07, 6.45) is 12.2. The Labute approximate surface area is 198 Å². The van der Waals surface area contributed by atoms with Gasteiger partial charge in [0.1, 0.15) is 0 Å². The van der Waals surface area contributed by atoms with E-state index in [4.69, 9.17) is 15.7 Å². The van der Waals surface area contributed by atoms with Gasteiger partial charge in [-0.05, 0) is 72.8 Å². The van der Waals surface area contributed by atoms with Crippen LogP contribution in [0.3, 0.4) is 0 Å². The largest absolute Gasteiger partial charge is 0.323 e. The van der Waals surface area contributed by atoms with Crippen molar-refractivity contribution in [2.75, 3.05) is 11.4 Å². The van der Waals surface area contributed by atoms with Gasteiger partial charge in [0.25, 0.3) is 0 Å². The molecule has 0 unspecified atom stereocenters. The van der Waals surface area contributed by atoms with E-state index in [1.807, 2.05) is 18.5 Å². The average molecular weight is 450 g/mol. The van der Waals surface area contributed by atoms with Crippen LogP contribution >= 0.6 is 0 Å². The van der Waals surface area contributed by atoms with Gasteiger partial charge in [0.05, 0.1) is 23.3 Å². The standard InChI is InChI=1S/C27H27N7/c28-24-19-6-2-1-5-18(19)15-27(24)11-9-17(10-12-27)21-16-30-23-25(31-21)32-33-26(23)34-14-4-7-20-22(34)8-3-13-29-20/h1-3,5-6,8-9,13,16,24H,4,7,10-12,14-15,28H2,(H,31,32,33)/t24-,27-/m0/s1. The van der Waals surface area contributed by atoms with Crippen molar-refractivity contribution in [2.24, 2.45) is 11.1 Å². The maximum Gasteiger partial charge on any atom is 0.183 e. The Morgan fingerprint density at radius 1 is 1.09 bits per heavy atom.